The Kier molecular flexibility index (Phi) is 3.94. The standard InChI is InChI=1S/C18H12F4N4O/c19-12-2-1-9(18(20,21)22)7-10(12)16-23-5-4-14(26-16)15-8-11-13(25-15)3-6-24-17(11)27/h1-2,4-5,7-8,25H,3,6H2,(H,24,27). The first-order valence-electron chi connectivity index (χ1n) is 8.03. The Morgan fingerprint density at radius 1 is 1.07 bits per heavy atom. The van der Waals surface area contributed by atoms with Crippen molar-refractivity contribution in [1.82, 2.24) is 20.3 Å². The molecule has 27 heavy (non-hydrogen) atoms. The number of amides is 1. The van der Waals surface area contributed by atoms with Crippen molar-refractivity contribution in [3.8, 4) is 22.8 Å². The Balaban J connectivity index is 1.77. The molecule has 5 nitrogen and oxygen atoms in total. The SMILES string of the molecule is O=C1NCCc2[nH]c(-c3ccnc(-c4cc(C(F)(F)F)ccc4F)n3)cc21. The van der Waals surface area contributed by atoms with Crippen LogP contribution < -0.4 is 5.32 Å². The quantitative estimate of drug-likeness (QED) is 0.672. The first-order chi connectivity index (χ1) is 12.8. The van der Waals surface area contributed by atoms with Gasteiger partial charge in [0.2, 0.25) is 0 Å². The molecule has 3 aromatic rings. The van der Waals surface area contributed by atoms with Crippen LogP contribution in [0.2, 0.25) is 0 Å². The monoisotopic (exact) mass is 376 g/mol. The van der Waals surface area contributed by atoms with Gasteiger partial charge in [0.05, 0.1) is 28.1 Å². The van der Waals surface area contributed by atoms with Gasteiger partial charge in [-0.25, -0.2) is 14.4 Å². The lowest BCUT2D eigenvalue weighted by Crippen LogP contribution is -2.31. The van der Waals surface area contributed by atoms with Gasteiger partial charge in [-0.2, -0.15) is 13.2 Å². The molecule has 4 rings (SSSR count). The number of alkyl halides is 3. The molecular weight excluding hydrogens is 364 g/mol. The van der Waals surface area contributed by atoms with Gasteiger partial charge in [0, 0.05) is 24.9 Å². The van der Waals surface area contributed by atoms with Crippen LogP contribution in [0.5, 0.6) is 0 Å². The number of carbonyl (C=O) groups excluding carboxylic acids is 1. The Hall–Kier alpha value is -3.23. The van der Waals surface area contributed by atoms with Crippen LogP contribution in [0.3, 0.4) is 0 Å². The van der Waals surface area contributed by atoms with Crippen LogP contribution in [0.1, 0.15) is 21.6 Å². The lowest BCUT2D eigenvalue weighted by atomic mass is 10.1. The minimum absolute atomic E-state index is 0.173. The topological polar surface area (TPSA) is 70.7 Å². The first-order valence-corrected chi connectivity index (χ1v) is 8.03. The van der Waals surface area contributed by atoms with Gasteiger partial charge < -0.3 is 10.3 Å². The zero-order valence-corrected chi connectivity index (χ0v) is 13.7. The summed E-state index contributed by atoms with van der Waals surface area (Å²) in [6.07, 6.45) is -2.65. The van der Waals surface area contributed by atoms with Crippen molar-refractivity contribution in [2.24, 2.45) is 0 Å². The van der Waals surface area contributed by atoms with Crippen molar-refractivity contribution < 1.29 is 22.4 Å². The molecule has 0 aliphatic carbocycles. The highest BCUT2D eigenvalue weighted by Crippen LogP contribution is 2.33. The molecule has 1 aromatic carbocycles. The van der Waals surface area contributed by atoms with E-state index < -0.39 is 17.6 Å². The third-order valence-electron chi connectivity index (χ3n) is 4.27. The van der Waals surface area contributed by atoms with Crippen LogP contribution in [0, 0.1) is 5.82 Å². The van der Waals surface area contributed by atoms with Gasteiger partial charge in [-0.3, -0.25) is 4.79 Å². The maximum atomic E-state index is 14.1. The lowest BCUT2D eigenvalue weighted by molar-refractivity contribution is -0.137. The minimum atomic E-state index is -4.61. The number of hydrogen-bond acceptors (Lipinski definition) is 3. The Labute approximate surface area is 150 Å². The smallest absolute Gasteiger partial charge is 0.356 e. The van der Waals surface area contributed by atoms with Crippen molar-refractivity contribution in [2.45, 2.75) is 12.6 Å². The molecular formula is C18H12F4N4O. The molecule has 2 aromatic heterocycles. The van der Waals surface area contributed by atoms with Gasteiger partial charge in [0.1, 0.15) is 5.82 Å². The van der Waals surface area contributed by atoms with E-state index in [0.29, 0.717) is 42.0 Å². The molecule has 0 saturated carbocycles. The normalized spacial score (nSPS) is 14.0. The fraction of sp³-hybridized carbons (Fsp3) is 0.167. The second-order valence-corrected chi connectivity index (χ2v) is 6.04. The Morgan fingerprint density at radius 2 is 1.89 bits per heavy atom. The summed E-state index contributed by atoms with van der Waals surface area (Å²) in [5.41, 5.74) is 0.758. The van der Waals surface area contributed by atoms with Gasteiger partial charge in [0.25, 0.3) is 5.91 Å². The number of benzene rings is 1. The van der Waals surface area contributed by atoms with Crippen LogP contribution in [0.15, 0.2) is 36.5 Å². The molecule has 1 amide bonds. The molecule has 2 N–H and O–H groups in total. The molecule has 0 spiro atoms. The van der Waals surface area contributed by atoms with E-state index in [4.69, 9.17) is 0 Å². The molecule has 3 heterocycles. The molecule has 0 bridgehead atoms. The highest BCUT2D eigenvalue weighted by Gasteiger charge is 2.31. The fourth-order valence-electron chi connectivity index (χ4n) is 2.94. The van der Waals surface area contributed by atoms with Gasteiger partial charge in [-0.05, 0) is 30.3 Å². The second-order valence-electron chi connectivity index (χ2n) is 6.04. The zero-order valence-electron chi connectivity index (χ0n) is 13.7. The van der Waals surface area contributed by atoms with Gasteiger partial charge >= 0.3 is 6.18 Å². The number of nitrogens with zero attached hydrogens (tertiary/aromatic N) is 2. The van der Waals surface area contributed by atoms with Crippen molar-refractivity contribution in [2.75, 3.05) is 6.54 Å². The van der Waals surface area contributed by atoms with Crippen LogP contribution in [-0.4, -0.2) is 27.4 Å². The molecule has 1 aliphatic heterocycles. The summed E-state index contributed by atoms with van der Waals surface area (Å²) in [6, 6.07) is 5.23. The number of aromatic nitrogens is 3. The van der Waals surface area contributed by atoms with Crippen LogP contribution in [-0.2, 0) is 12.6 Å². The van der Waals surface area contributed by atoms with E-state index in [2.05, 4.69) is 20.3 Å². The molecule has 9 heteroatoms. The predicted molar refractivity (Wildman–Crippen MR) is 88.3 cm³/mol. The first kappa shape index (κ1) is 17.2. The van der Waals surface area contributed by atoms with Crippen molar-refractivity contribution >= 4 is 5.91 Å². The highest BCUT2D eigenvalue weighted by molar-refractivity contribution is 5.97. The minimum Gasteiger partial charge on any atom is -0.356 e. The number of halogens is 4. The largest absolute Gasteiger partial charge is 0.416 e. The average molecular weight is 376 g/mol. The summed E-state index contributed by atoms with van der Waals surface area (Å²) < 4.78 is 52.9. The molecule has 138 valence electrons. The summed E-state index contributed by atoms with van der Waals surface area (Å²) in [6.45, 7) is 0.510. The van der Waals surface area contributed by atoms with E-state index in [0.717, 1.165) is 11.8 Å². The van der Waals surface area contributed by atoms with E-state index in [1.54, 1.807) is 6.07 Å². The third kappa shape index (κ3) is 3.16. The van der Waals surface area contributed by atoms with E-state index in [9.17, 15) is 22.4 Å². The molecule has 0 fully saturated rings. The summed E-state index contributed by atoms with van der Waals surface area (Å²) in [5.74, 6) is -1.24. The molecule has 0 radical (unpaired) electrons. The van der Waals surface area contributed by atoms with Gasteiger partial charge in [0.15, 0.2) is 5.82 Å². The van der Waals surface area contributed by atoms with Gasteiger partial charge in [-0.1, -0.05) is 0 Å². The molecule has 0 saturated heterocycles. The number of aromatic amines is 1. The van der Waals surface area contributed by atoms with Gasteiger partial charge in [-0.15, -0.1) is 0 Å². The van der Waals surface area contributed by atoms with Crippen molar-refractivity contribution in [1.29, 1.82) is 0 Å². The molecule has 1 aliphatic rings. The summed E-state index contributed by atoms with van der Waals surface area (Å²) in [7, 11) is 0. The number of nitrogens with one attached hydrogen (secondary N) is 2. The summed E-state index contributed by atoms with van der Waals surface area (Å²) in [4.78, 5) is 23.0. The molecule has 0 unspecified atom stereocenters. The highest BCUT2D eigenvalue weighted by atomic mass is 19.4. The van der Waals surface area contributed by atoms with E-state index >= 15 is 0 Å². The number of rotatable bonds is 2. The predicted octanol–water partition coefficient (Wildman–Crippen LogP) is 3.58. The average Bonchev–Trinajstić information content (AvgIpc) is 3.07. The number of carbonyl (C=O) groups is 1. The maximum absolute atomic E-state index is 14.1. The number of fused-ring (bicyclic) bond motifs is 1. The zero-order chi connectivity index (χ0) is 19.2. The molecule has 0 atom stereocenters. The third-order valence-corrected chi connectivity index (χ3v) is 4.27. The lowest BCUT2D eigenvalue weighted by Gasteiger charge is -2.11. The number of H-pyrrole nitrogens is 1. The van der Waals surface area contributed by atoms with Crippen molar-refractivity contribution in [3.05, 3.63) is 59.2 Å². The summed E-state index contributed by atoms with van der Waals surface area (Å²) >= 11 is 0. The maximum Gasteiger partial charge on any atom is 0.416 e. The van der Waals surface area contributed by atoms with E-state index in [1.165, 1.54) is 12.3 Å². The van der Waals surface area contributed by atoms with E-state index in [-0.39, 0.29) is 17.3 Å². The van der Waals surface area contributed by atoms with Crippen LogP contribution in [0.4, 0.5) is 17.6 Å². The van der Waals surface area contributed by atoms with E-state index in [1.807, 2.05) is 0 Å². The Bertz CT molecular complexity index is 1040. The van der Waals surface area contributed by atoms with Crippen molar-refractivity contribution in [3.63, 3.8) is 0 Å². The number of hydrogen-bond donors (Lipinski definition) is 2. The van der Waals surface area contributed by atoms with Crippen LogP contribution in [0.25, 0.3) is 22.8 Å². The second kappa shape index (κ2) is 6.19. The summed E-state index contributed by atoms with van der Waals surface area (Å²) in [5, 5.41) is 2.72. The Morgan fingerprint density at radius 3 is 2.63 bits per heavy atom. The fourth-order valence-corrected chi connectivity index (χ4v) is 2.94. The van der Waals surface area contributed by atoms with Crippen LogP contribution >= 0.6 is 0 Å².